The minimum atomic E-state index is -0.580. The van der Waals surface area contributed by atoms with E-state index in [1.54, 1.807) is 0 Å². The van der Waals surface area contributed by atoms with Gasteiger partial charge in [0.1, 0.15) is 17.4 Å². The highest BCUT2D eigenvalue weighted by atomic mass is 32.1. The first-order valence-corrected chi connectivity index (χ1v) is 7.17. The SMILES string of the molecule is CC(C)NCc1nc(COc2cc(F)ccc2F)cs1. The van der Waals surface area contributed by atoms with Crippen LogP contribution in [0.3, 0.4) is 0 Å². The van der Waals surface area contributed by atoms with Crippen LogP contribution in [-0.2, 0) is 13.2 Å². The number of hydrogen-bond donors (Lipinski definition) is 1. The first kappa shape index (κ1) is 14.9. The predicted octanol–water partition coefficient (Wildman–Crippen LogP) is 3.50. The molecule has 0 radical (unpaired) electrons. The molecule has 2 aromatic rings. The minimum absolute atomic E-state index is 0.0974. The minimum Gasteiger partial charge on any atom is -0.484 e. The number of hydrogen-bond acceptors (Lipinski definition) is 4. The molecule has 2 rings (SSSR count). The standard InChI is InChI=1S/C14H16F2N2OS/c1-9(2)17-6-14-18-11(8-20-14)7-19-13-5-10(15)3-4-12(13)16/h3-5,8-9,17H,6-7H2,1-2H3. The van der Waals surface area contributed by atoms with Gasteiger partial charge in [-0.2, -0.15) is 0 Å². The number of benzene rings is 1. The molecule has 0 atom stereocenters. The molecule has 1 heterocycles. The molecular formula is C14H16F2N2OS. The van der Waals surface area contributed by atoms with Crippen LogP contribution in [0.4, 0.5) is 8.78 Å². The summed E-state index contributed by atoms with van der Waals surface area (Å²) in [5, 5.41) is 6.06. The van der Waals surface area contributed by atoms with Crippen molar-refractivity contribution in [3.05, 3.63) is 45.9 Å². The van der Waals surface area contributed by atoms with Gasteiger partial charge in [0.25, 0.3) is 0 Å². The van der Waals surface area contributed by atoms with Crippen LogP contribution in [0.5, 0.6) is 5.75 Å². The summed E-state index contributed by atoms with van der Waals surface area (Å²) in [7, 11) is 0. The fourth-order valence-corrected chi connectivity index (χ4v) is 2.26. The molecule has 0 unspecified atom stereocenters. The Labute approximate surface area is 120 Å². The molecule has 1 aromatic carbocycles. The zero-order valence-corrected chi connectivity index (χ0v) is 12.1. The summed E-state index contributed by atoms with van der Waals surface area (Å²) in [5.74, 6) is -1.20. The third-order valence-electron chi connectivity index (χ3n) is 2.53. The molecule has 0 amide bonds. The number of ether oxygens (including phenoxy) is 1. The van der Waals surface area contributed by atoms with Crippen molar-refractivity contribution in [1.29, 1.82) is 0 Å². The summed E-state index contributed by atoms with van der Waals surface area (Å²) >= 11 is 1.51. The molecule has 0 aliphatic heterocycles. The first-order chi connectivity index (χ1) is 9.54. The average molecular weight is 298 g/mol. The lowest BCUT2D eigenvalue weighted by Gasteiger charge is -2.06. The summed E-state index contributed by atoms with van der Waals surface area (Å²) in [6, 6.07) is 3.52. The Morgan fingerprint density at radius 1 is 1.35 bits per heavy atom. The molecule has 1 aromatic heterocycles. The maximum absolute atomic E-state index is 13.4. The van der Waals surface area contributed by atoms with Gasteiger partial charge in [-0.3, -0.25) is 0 Å². The van der Waals surface area contributed by atoms with Gasteiger partial charge in [0.05, 0.1) is 5.69 Å². The van der Waals surface area contributed by atoms with Crippen molar-refractivity contribution in [3.8, 4) is 5.75 Å². The van der Waals surface area contributed by atoms with Crippen molar-refractivity contribution in [1.82, 2.24) is 10.3 Å². The number of halogens is 2. The molecule has 0 aliphatic carbocycles. The van der Waals surface area contributed by atoms with Crippen molar-refractivity contribution in [2.75, 3.05) is 0 Å². The maximum atomic E-state index is 13.4. The molecule has 6 heteroatoms. The van der Waals surface area contributed by atoms with Gasteiger partial charge in [0.15, 0.2) is 11.6 Å². The highest BCUT2D eigenvalue weighted by molar-refractivity contribution is 7.09. The van der Waals surface area contributed by atoms with Crippen molar-refractivity contribution in [2.24, 2.45) is 0 Å². The Morgan fingerprint density at radius 2 is 2.15 bits per heavy atom. The fourth-order valence-electron chi connectivity index (χ4n) is 1.53. The topological polar surface area (TPSA) is 34.2 Å². The van der Waals surface area contributed by atoms with Crippen molar-refractivity contribution in [2.45, 2.75) is 33.0 Å². The quantitative estimate of drug-likeness (QED) is 0.886. The highest BCUT2D eigenvalue weighted by Gasteiger charge is 2.07. The monoisotopic (exact) mass is 298 g/mol. The maximum Gasteiger partial charge on any atom is 0.165 e. The second-order valence-electron chi connectivity index (χ2n) is 4.63. The summed E-state index contributed by atoms with van der Waals surface area (Å²) in [5.41, 5.74) is 0.708. The predicted molar refractivity (Wildman–Crippen MR) is 74.8 cm³/mol. The third kappa shape index (κ3) is 4.25. The van der Waals surface area contributed by atoms with Crippen molar-refractivity contribution >= 4 is 11.3 Å². The lowest BCUT2D eigenvalue weighted by molar-refractivity contribution is 0.284. The van der Waals surface area contributed by atoms with E-state index in [0.29, 0.717) is 18.3 Å². The largest absolute Gasteiger partial charge is 0.484 e. The van der Waals surface area contributed by atoms with Crippen LogP contribution < -0.4 is 10.1 Å². The van der Waals surface area contributed by atoms with E-state index in [1.807, 2.05) is 5.38 Å². The van der Waals surface area contributed by atoms with Gasteiger partial charge >= 0.3 is 0 Å². The number of rotatable bonds is 6. The van der Waals surface area contributed by atoms with Crippen LogP contribution in [-0.4, -0.2) is 11.0 Å². The van der Waals surface area contributed by atoms with E-state index >= 15 is 0 Å². The van der Waals surface area contributed by atoms with Crippen LogP contribution in [0.15, 0.2) is 23.6 Å². The van der Waals surface area contributed by atoms with Crippen LogP contribution in [0.25, 0.3) is 0 Å². The van der Waals surface area contributed by atoms with E-state index in [1.165, 1.54) is 11.3 Å². The summed E-state index contributed by atoms with van der Waals surface area (Å²) in [4.78, 5) is 4.36. The van der Waals surface area contributed by atoms with E-state index in [2.05, 4.69) is 24.1 Å². The normalized spacial score (nSPS) is 11.1. The van der Waals surface area contributed by atoms with E-state index in [-0.39, 0.29) is 12.4 Å². The Kier molecular flexibility index (Phi) is 5.03. The van der Waals surface area contributed by atoms with Gasteiger partial charge in [-0.05, 0) is 12.1 Å². The van der Waals surface area contributed by atoms with E-state index in [0.717, 1.165) is 23.2 Å². The highest BCUT2D eigenvalue weighted by Crippen LogP contribution is 2.20. The summed E-state index contributed by atoms with van der Waals surface area (Å²) in [6.07, 6.45) is 0. The number of nitrogens with one attached hydrogen (secondary N) is 1. The molecule has 0 aliphatic rings. The second kappa shape index (κ2) is 6.76. The van der Waals surface area contributed by atoms with Crippen molar-refractivity contribution < 1.29 is 13.5 Å². The Hall–Kier alpha value is -1.53. The molecule has 0 saturated heterocycles. The summed E-state index contributed by atoms with van der Waals surface area (Å²) < 4.78 is 31.6. The lowest BCUT2D eigenvalue weighted by Crippen LogP contribution is -2.21. The van der Waals surface area contributed by atoms with Gasteiger partial charge in [0, 0.05) is 24.0 Å². The lowest BCUT2D eigenvalue weighted by atomic mass is 10.3. The Balaban J connectivity index is 1.92. The van der Waals surface area contributed by atoms with E-state index in [4.69, 9.17) is 4.74 Å². The van der Waals surface area contributed by atoms with Crippen LogP contribution in [0, 0.1) is 11.6 Å². The molecule has 108 valence electrons. The number of aromatic nitrogens is 1. The van der Waals surface area contributed by atoms with Gasteiger partial charge < -0.3 is 10.1 Å². The average Bonchev–Trinajstić information content (AvgIpc) is 2.85. The van der Waals surface area contributed by atoms with Crippen molar-refractivity contribution in [3.63, 3.8) is 0 Å². The first-order valence-electron chi connectivity index (χ1n) is 6.29. The van der Waals surface area contributed by atoms with Crippen LogP contribution >= 0.6 is 11.3 Å². The zero-order valence-electron chi connectivity index (χ0n) is 11.3. The Morgan fingerprint density at radius 3 is 2.90 bits per heavy atom. The second-order valence-corrected chi connectivity index (χ2v) is 5.57. The van der Waals surface area contributed by atoms with Gasteiger partial charge in [-0.25, -0.2) is 13.8 Å². The van der Waals surface area contributed by atoms with E-state index in [9.17, 15) is 8.78 Å². The number of nitrogens with zero attached hydrogens (tertiary/aromatic N) is 1. The van der Waals surface area contributed by atoms with Crippen LogP contribution in [0.1, 0.15) is 24.5 Å². The zero-order chi connectivity index (χ0) is 14.5. The molecule has 1 N–H and O–H groups in total. The van der Waals surface area contributed by atoms with Gasteiger partial charge in [0.2, 0.25) is 0 Å². The molecule has 0 bridgehead atoms. The van der Waals surface area contributed by atoms with Crippen LogP contribution in [0.2, 0.25) is 0 Å². The molecule has 0 spiro atoms. The smallest absolute Gasteiger partial charge is 0.165 e. The molecular weight excluding hydrogens is 282 g/mol. The van der Waals surface area contributed by atoms with Gasteiger partial charge in [-0.1, -0.05) is 13.8 Å². The van der Waals surface area contributed by atoms with E-state index < -0.39 is 11.6 Å². The summed E-state index contributed by atoms with van der Waals surface area (Å²) in [6.45, 7) is 4.93. The molecule has 0 fully saturated rings. The molecule has 0 saturated carbocycles. The fraction of sp³-hybridized carbons (Fsp3) is 0.357. The van der Waals surface area contributed by atoms with Gasteiger partial charge in [-0.15, -0.1) is 11.3 Å². The Bertz CT molecular complexity index is 572. The third-order valence-corrected chi connectivity index (χ3v) is 3.43. The molecule has 3 nitrogen and oxygen atoms in total. The molecule has 20 heavy (non-hydrogen) atoms. The number of thiazole rings is 1.